The van der Waals surface area contributed by atoms with Gasteiger partial charge in [0, 0.05) is 32.4 Å². The van der Waals surface area contributed by atoms with E-state index in [9.17, 15) is 0 Å². The average Bonchev–Trinajstić information content (AvgIpc) is 3.20. The number of rotatable bonds is 5. The van der Waals surface area contributed by atoms with E-state index in [0.29, 0.717) is 6.04 Å². The Bertz CT molecular complexity index is 1000. The first-order valence-corrected chi connectivity index (χ1v) is 11.3. The Morgan fingerprint density at radius 2 is 2.00 bits per heavy atom. The predicted molar refractivity (Wildman–Crippen MR) is 122 cm³/mol. The molecule has 0 amide bonds. The minimum absolute atomic E-state index is 0.380. The van der Waals surface area contributed by atoms with Crippen molar-refractivity contribution in [3.05, 3.63) is 53.6 Å². The van der Waals surface area contributed by atoms with E-state index in [0.717, 1.165) is 62.5 Å². The third-order valence-corrected chi connectivity index (χ3v) is 6.75. The molecule has 2 aliphatic rings. The standard InChI is InChI=1S/C24H32N6/c1-3-29(20-10-4-7-18-8-6-12-25-23(18)20)17-22-26-19-9-5-11-21(24(19)27-22)30-15-13-28(2)14-16-30/h5-6,8-9,11-12,20H,3-4,7,10,13-17H2,1-2H3,(H,26,27)/t20-/m0/s1. The Kier molecular flexibility index (Phi) is 5.44. The van der Waals surface area contributed by atoms with Crippen LogP contribution in [0.3, 0.4) is 0 Å². The molecule has 1 fully saturated rings. The minimum Gasteiger partial charge on any atom is -0.367 e. The number of pyridine rings is 1. The number of aromatic amines is 1. The summed E-state index contributed by atoms with van der Waals surface area (Å²) < 4.78 is 0. The first-order chi connectivity index (χ1) is 14.7. The smallest absolute Gasteiger partial charge is 0.121 e. The molecule has 3 heterocycles. The van der Waals surface area contributed by atoms with Crippen LogP contribution in [0.4, 0.5) is 5.69 Å². The van der Waals surface area contributed by atoms with Crippen LogP contribution >= 0.6 is 0 Å². The van der Waals surface area contributed by atoms with Crippen LogP contribution in [0.1, 0.15) is 42.9 Å². The van der Waals surface area contributed by atoms with Gasteiger partial charge in [-0.2, -0.15) is 0 Å². The van der Waals surface area contributed by atoms with Gasteiger partial charge in [0.15, 0.2) is 0 Å². The maximum atomic E-state index is 5.07. The first-order valence-electron chi connectivity index (χ1n) is 11.3. The summed E-state index contributed by atoms with van der Waals surface area (Å²) in [4.78, 5) is 20.8. The number of anilines is 1. The number of aryl methyl sites for hydroxylation is 1. The molecule has 5 rings (SSSR count). The Morgan fingerprint density at radius 3 is 2.83 bits per heavy atom. The molecule has 1 saturated heterocycles. The van der Waals surface area contributed by atoms with Gasteiger partial charge in [-0.05, 0) is 56.6 Å². The maximum Gasteiger partial charge on any atom is 0.121 e. The molecule has 6 heteroatoms. The van der Waals surface area contributed by atoms with Gasteiger partial charge in [-0.3, -0.25) is 9.88 Å². The molecule has 1 aliphatic carbocycles. The molecule has 1 aromatic carbocycles. The van der Waals surface area contributed by atoms with E-state index in [2.05, 4.69) is 64.0 Å². The van der Waals surface area contributed by atoms with Crippen LogP contribution in [-0.4, -0.2) is 64.5 Å². The first kappa shape index (κ1) is 19.5. The summed E-state index contributed by atoms with van der Waals surface area (Å²) in [6.45, 7) is 8.39. The highest BCUT2D eigenvalue weighted by molar-refractivity contribution is 5.89. The summed E-state index contributed by atoms with van der Waals surface area (Å²) in [6, 6.07) is 11.2. The summed E-state index contributed by atoms with van der Waals surface area (Å²) in [5.41, 5.74) is 6.18. The van der Waals surface area contributed by atoms with Crippen LogP contribution in [0.15, 0.2) is 36.5 Å². The van der Waals surface area contributed by atoms with Crippen molar-refractivity contribution in [2.75, 3.05) is 44.7 Å². The number of nitrogens with zero attached hydrogens (tertiary/aromatic N) is 5. The van der Waals surface area contributed by atoms with Gasteiger partial charge in [-0.15, -0.1) is 0 Å². The lowest BCUT2D eigenvalue weighted by atomic mass is 9.91. The highest BCUT2D eigenvalue weighted by Crippen LogP contribution is 2.34. The quantitative estimate of drug-likeness (QED) is 0.704. The topological polar surface area (TPSA) is 51.3 Å². The molecule has 1 atom stereocenters. The summed E-state index contributed by atoms with van der Waals surface area (Å²) in [5.74, 6) is 1.05. The van der Waals surface area contributed by atoms with E-state index in [1.165, 1.54) is 29.8 Å². The van der Waals surface area contributed by atoms with E-state index in [-0.39, 0.29) is 0 Å². The van der Waals surface area contributed by atoms with Crippen molar-refractivity contribution in [1.82, 2.24) is 24.8 Å². The van der Waals surface area contributed by atoms with Gasteiger partial charge in [0.2, 0.25) is 0 Å². The lowest BCUT2D eigenvalue weighted by molar-refractivity contribution is 0.171. The Morgan fingerprint density at radius 1 is 1.13 bits per heavy atom. The molecule has 30 heavy (non-hydrogen) atoms. The second kappa shape index (κ2) is 8.36. The van der Waals surface area contributed by atoms with Crippen molar-refractivity contribution in [2.45, 2.75) is 38.8 Å². The molecule has 2 aromatic heterocycles. The highest BCUT2D eigenvalue weighted by Gasteiger charge is 2.27. The van der Waals surface area contributed by atoms with Crippen molar-refractivity contribution in [2.24, 2.45) is 0 Å². The van der Waals surface area contributed by atoms with E-state index in [1.807, 2.05) is 6.20 Å². The van der Waals surface area contributed by atoms with Gasteiger partial charge in [0.1, 0.15) is 11.3 Å². The number of likely N-dealkylation sites (N-methyl/N-ethyl adjacent to an activating group) is 1. The fraction of sp³-hybridized carbons (Fsp3) is 0.500. The minimum atomic E-state index is 0.380. The third-order valence-electron chi connectivity index (χ3n) is 6.75. The number of nitrogens with one attached hydrogen (secondary N) is 1. The molecule has 0 radical (unpaired) electrons. The third kappa shape index (κ3) is 3.70. The zero-order valence-corrected chi connectivity index (χ0v) is 18.1. The normalized spacial score (nSPS) is 20.1. The molecule has 0 saturated carbocycles. The number of H-pyrrole nitrogens is 1. The van der Waals surface area contributed by atoms with Crippen molar-refractivity contribution in [1.29, 1.82) is 0 Å². The summed E-state index contributed by atoms with van der Waals surface area (Å²) in [5, 5.41) is 0. The van der Waals surface area contributed by atoms with E-state index in [4.69, 9.17) is 9.97 Å². The van der Waals surface area contributed by atoms with Gasteiger partial charge in [0.25, 0.3) is 0 Å². The predicted octanol–water partition coefficient (Wildman–Crippen LogP) is 3.61. The summed E-state index contributed by atoms with van der Waals surface area (Å²) in [7, 11) is 2.20. The molecule has 6 nitrogen and oxygen atoms in total. The SMILES string of the molecule is CCN(Cc1nc2c(N3CCN(C)CC3)cccc2[nH]1)[C@H]1CCCc2cccnc21. The van der Waals surface area contributed by atoms with Gasteiger partial charge < -0.3 is 14.8 Å². The van der Waals surface area contributed by atoms with Gasteiger partial charge in [-0.25, -0.2) is 4.98 Å². The van der Waals surface area contributed by atoms with Crippen molar-refractivity contribution >= 4 is 16.7 Å². The number of aromatic nitrogens is 3. The van der Waals surface area contributed by atoms with Crippen LogP contribution in [-0.2, 0) is 13.0 Å². The monoisotopic (exact) mass is 404 g/mol. The van der Waals surface area contributed by atoms with Crippen molar-refractivity contribution in [3.63, 3.8) is 0 Å². The molecule has 1 N–H and O–H groups in total. The van der Waals surface area contributed by atoms with Gasteiger partial charge >= 0.3 is 0 Å². The number of piperazine rings is 1. The molecule has 3 aromatic rings. The molecule has 0 bridgehead atoms. The maximum absolute atomic E-state index is 5.07. The largest absolute Gasteiger partial charge is 0.367 e. The summed E-state index contributed by atoms with van der Waals surface area (Å²) >= 11 is 0. The summed E-state index contributed by atoms with van der Waals surface area (Å²) in [6.07, 6.45) is 5.49. The second-order valence-electron chi connectivity index (χ2n) is 8.67. The molecule has 1 aliphatic heterocycles. The fourth-order valence-corrected chi connectivity index (χ4v) is 5.02. The molecule has 0 spiro atoms. The van der Waals surface area contributed by atoms with E-state index >= 15 is 0 Å². The van der Waals surface area contributed by atoms with Crippen LogP contribution in [0.5, 0.6) is 0 Å². The number of hydrogen-bond acceptors (Lipinski definition) is 5. The fourth-order valence-electron chi connectivity index (χ4n) is 5.02. The van der Waals surface area contributed by atoms with Crippen LogP contribution < -0.4 is 4.90 Å². The second-order valence-corrected chi connectivity index (χ2v) is 8.67. The molecule has 158 valence electrons. The number of hydrogen-bond donors (Lipinski definition) is 1. The van der Waals surface area contributed by atoms with Crippen LogP contribution in [0, 0.1) is 0 Å². The van der Waals surface area contributed by atoms with Crippen molar-refractivity contribution < 1.29 is 0 Å². The van der Waals surface area contributed by atoms with Crippen molar-refractivity contribution in [3.8, 4) is 0 Å². The van der Waals surface area contributed by atoms with E-state index < -0.39 is 0 Å². The lowest BCUT2D eigenvalue weighted by Gasteiger charge is -2.34. The average molecular weight is 405 g/mol. The highest BCUT2D eigenvalue weighted by atomic mass is 15.3. The van der Waals surface area contributed by atoms with Gasteiger partial charge in [-0.1, -0.05) is 19.1 Å². The van der Waals surface area contributed by atoms with E-state index in [1.54, 1.807) is 0 Å². The Balaban J connectivity index is 1.41. The zero-order valence-electron chi connectivity index (χ0n) is 18.1. The van der Waals surface area contributed by atoms with Crippen LogP contribution in [0.25, 0.3) is 11.0 Å². The molecule has 0 unspecified atom stereocenters. The number of benzene rings is 1. The van der Waals surface area contributed by atoms with Gasteiger partial charge in [0.05, 0.1) is 29.5 Å². The molecular weight excluding hydrogens is 372 g/mol. The number of fused-ring (bicyclic) bond motifs is 2. The zero-order chi connectivity index (χ0) is 20.5. The Hall–Kier alpha value is -2.44. The van der Waals surface area contributed by atoms with Crippen LogP contribution in [0.2, 0.25) is 0 Å². The lowest BCUT2D eigenvalue weighted by Crippen LogP contribution is -2.44. The number of imidazole rings is 1. The number of para-hydroxylation sites is 1. The Labute approximate surface area is 178 Å². The molecular formula is C24H32N6.